The van der Waals surface area contributed by atoms with Crippen LogP contribution in [0.25, 0.3) is 0 Å². The number of hydrogen-bond acceptors (Lipinski definition) is 5. The number of aromatic nitrogens is 1. The number of hydrogen-bond donors (Lipinski definition) is 3. The number of piperazine rings is 1. The van der Waals surface area contributed by atoms with Crippen LogP contribution in [0, 0.1) is 6.92 Å². The minimum atomic E-state index is -3.67. The molecule has 0 radical (unpaired) electrons. The van der Waals surface area contributed by atoms with Crippen molar-refractivity contribution in [3.8, 4) is 0 Å². The predicted octanol–water partition coefficient (Wildman–Crippen LogP) is -0.667. The molecular formula is C13H22N6O3S. The van der Waals surface area contributed by atoms with E-state index in [0.29, 0.717) is 26.2 Å². The SMILES string of the molecule is Cc1cnccc1NCCNC(=O)N1CCN(S(N)(=O)=O)CC1. The zero-order chi connectivity index (χ0) is 16.9. The van der Waals surface area contributed by atoms with Crippen LogP contribution < -0.4 is 15.8 Å². The van der Waals surface area contributed by atoms with E-state index in [1.165, 1.54) is 4.31 Å². The Morgan fingerprint density at radius 3 is 2.61 bits per heavy atom. The number of rotatable bonds is 5. The Morgan fingerprint density at radius 1 is 1.30 bits per heavy atom. The molecule has 1 aliphatic heterocycles. The molecule has 1 aromatic rings. The maximum atomic E-state index is 12.0. The van der Waals surface area contributed by atoms with Crippen LogP contribution in [0.15, 0.2) is 18.5 Å². The molecular weight excluding hydrogens is 320 g/mol. The van der Waals surface area contributed by atoms with E-state index >= 15 is 0 Å². The van der Waals surface area contributed by atoms with Gasteiger partial charge in [0.05, 0.1) is 0 Å². The van der Waals surface area contributed by atoms with E-state index in [2.05, 4.69) is 15.6 Å². The van der Waals surface area contributed by atoms with E-state index in [-0.39, 0.29) is 19.1 Å². The van der Waals surface area contributed by atoms with Gasteiger partial charge in [-0.15, -0.1) is 0 Å². The molecule has 23 heavy (non-hydrogen) atoms. The first-order valence-electron chi connectivity index (χ1n) is 7.33. The van der Waals surface area contributed by atoms with Crippen molar-refractivity contribution < 1.29 is 13.2 Å². The molecule has 1 fully saturated rings. The molecule has 1 aliphatic rings. The summed E-state index contributed by atoms with van der Waals surface area (Å²) < 4.78 is 23.6. The van der Waals surface area contributed by atoms with Gasteiger partial charge in [-0.3, -0.25) is 4.98 Å². The van der Waals surface area contributed by atoms with Crippen molar-refractivity contribution in [3.05, 3.63) is 24.0 Å². The normalized spacial score (nSPS) is 16.2. The van der Waals surface area contributed by atoms with Gasteiger partial charge < -0.3 is 15.5 Å². The van der Waals surface area contributed by atoms with E-state index in [1.807, 2.05) is 13.0 Å². The first-order chi connectivity index (χ1) is 10.9. The summed E-state index contributed by atoms with van der Waals surface area (Å²) in [5.74, 6) is 0. The first-order valence-corrected chi connectivity index (χ1v) is 8.83. The van der Waals surface area contributed by atoms with Crippen LogP contribution in [-0.4, -0.2) is 67.9 Å². The zero-order valence-corrected chi connectivity index (χ0v) is 13.8. The van der Waals surface area contributed by atoms with E-state index in [9.17, 15) is 13.2 Å². The number of aryl methyl sites for hydroxylation is 1. The number of amides is 2. The summed E-state index contributed by atoms with van der Waals surface area (Å²) in [7, 11) is -3.67. The predicted molar refractivity (Wildman–Crippen MR) is 87.1 cm³/mol. The number of urea groups is 1. The standard InChI is InChI=1S/C13H22N6O3S/c1-11-10-15-3-2-12(11)16-4-5-17-13(20)18-6-8-19(9-7-18)23(14,21)22/h2-3,10H,4-9H2,1H3,(H,15,16)(H,17,20)(H2,14,21,22). The second-order valence-corrected chi connectivity index (χ2v) is 6.83. The highest BCUT2D eigenvalue weighted by atomic mass is 32.2. The Balaban J connectivity index is 1.69. The fraction of sp³-hybridized carbons (Fsp3) is 0.538. The third-order valence-electron chi connectivity index (χ3n) is 3.62. The minimum Gasteiger partial charge on any atom is -0.383 e. The van der Waals surface area contributed by atoms with E-state index in [1.54, 1.807) is 17.3 Å². The largest absolute Gasteiger partial charge is 0.383 e. The van der Waals surface area contributed by atoms with Gasteiger partial charge >= 0.3 is 6.03 Å². The minimum absolute atomic E-state index is 0.202. The lowest BCUT2D eigenvalue weighted by molar-refractivity contribution is 0.172. The average Bonchev–Trinajstić information content (AvgIpc) is 2.52. The van der Waals surface area contributed by atoms with E-state index in [4.69, 9.17) is 5.14 Å². The zero-order valence-electron chi connectivity index (χ0n) is 13.0. The topological polar surface area (TPSA) is 121 Å². The van der Waals surface area contributed by atoms with E-state index < -0.39 is 10.2 Å². The van der Waals surface area contributed by atoms with E-state index in [0.717, 1.165) is 11.3 Å². The van der Waals surface area contributed by atoms with Crippen LogP contribution >= 0.6 is 0 Å². The van der Waals surface area contributed by atoms with Crippen molar-refractivity contribution in [1.82, 2.24) is 19.5 Å². The molecule has 2 rings (SSSR count). The number of nitrogens with one attached hydrogen (secondary N) is 2. The van der Waals surface area contributed by atoms with Gasteiger partial charge in [-0.25, -0.2) is 9.93 Å². The molecule has 0 spiro atoms. The van der Waals surface area contributed by atoms with Crippen LogP contribution in [0.1, 0.15) is 5.56 Å². The van der Waals surface area contributed by atoms with Crippen LogP contribution in [0.2, 0.25) is 0 Å². The van der Waals surface area contributed by atoms with Gasteiger partial charge in [-0.05, 0) is 18.6 Å². The van der Waals surface area contributed by atoms with Crippen LogP contribution in [0.3, 0.4) is 0 Å². The summed E-state index contributed by atoms with van der Waals surface area (Å²) in [6, 6.07) is 1.68. The van der Waals surface area contributed by atoms with Gasteiger partial charge in [-0.2, -0.15) is 12.7 Å². The molecule has 0 unspecified atom stereocenters. The van der Waals surface area contributed by atoms with Gasteiger partial charge in [0.1, 0.15) is 0 Å². The number of pyridine rings is 1. The monoisotopic (exact) mass is 342 g/mol. The number of carbonyl (C=O) groups excluding carboxylic acids is 1. The average molecular weight is 342 g/mol. The summed E-state index contributed by atoms with van der Waals surface area (Å²) >= 11 is 0. The Morgan fingerprint density at radius 2 is 2.00 bits per heavy atom. The van der Waals surface area contributed by atoms with Crippen LogP contribution in [0.5, 0.6) is 0 Å². The van der Waals surface area contributed by atoms with Gasteiger partial charge in [-0.1, -0.05) is 0 Å². The number of nitrogens with zero attached hydrogens (tertiary/aromatic N) is 3. The van der Waals surface area contributed by atoms with Gasteiger partial charge in [0.25, 0.3) is 10.2 Å². The Kier molecular flexibility index (Phi) is 5.74. The third-order valence-corrected chi connectivity index (χ3v) is 4.71. The molecule has 0 aromatic carbocycles. The molecule has 0 bridgehead atoms. The lowest BCUT2D eigenvalue weighted by Gasteiger charge is -2.32. The molecule has 0 aliphatic carbocycles. The molecule has 2 heterocycles. The van der Waals surface area contributed by atoms with Gasteiger partial charge in [0.15, 0.2) is 0 Å². The Bertz CT molecular complexity index is 643. The summed E-state index contributed by atoms with van der Waals surface area (Å²) in [4.78, 5) is 17.6. The molecule has 9 nitrogen and oxygen atoms in total. The molecule has 1 saturated heterocycles. The molecule has 0 saturated carbocycles. The lowest BCUT2D eigenvalue weighted by atomic mass is 10.2. The maximum Gasteiger partial charge on any atom is 0.317 e. The molecule has 4 N–H and O–H groups in total. The van der Waals surface area contributed by atoms with Crippen LogP contribution in [0.4, 0.5) is 10.5 Å². The first kappa shape index (κ1) is 17.4. The highest BCUT2D eigenvalue weighted by molar-refractivity contribution is 7.86. The molecule has 10 heteroatoms. The van der Waals surface area contributed by atoms with Crippen LogP contribution in [-0.2, 0) is 10.2 Å². The number of anilines is 1. The van der Waals surface area contributed by atoms with Crippen molar-refractivity contribution in [2.75, 3.05) is 44.6 Å². The van der Waals surface area contributed by atoms with Crippen molar-refractivity contribution in [2.24, 2.45) is 5.14 Å². The van der Waals surface area contributed by atoms with Crippen molar-refractivity contribution in [1.29, 1.82) is 0 Å². The van der Waals surface area contributed by atoms with Crippen molar-refractivity contribution in [2.45, 2.75) is 6.92 Å². The fourth-order valence-electron chi connectivity index (χ4n) is 2.30. The highest BCUT2D eigenvalue weighted by Gasteiger charge is 2.26. The Labute approximate surface area is 136 Å². The van der Waals surface area contributed by atoms with Crippen molar-refractivity contribution in [3.63, 3.8) is 0 Å². The summed E-state index contributed by atoms with van der Waals surface area (Å²) in [5, 5.41) is 11.1. The molecule has 128 valence electrons. The fourth-order valence-corrected chi connectivity index (χ4v) is 2.97. The quantitative estimate of drug-likeness (QED) is 0.613. The second-order valence-electron chi connectivity index (χ2n) is 5.28. The molecule has 2 amide bonds. The lowest BCUT2D eigenvalue weighted by Crippen LogP contribution is -2.54. The van der Waals surface area contributed by atoms with Gasteiger partial charge in [0.2, 0.25) is 0 Å². The Hall–Kier alpha value is -1.91. The third kappa shape index (κ3) is 5.05. The van der Waals surface area contributed by atoms with Crippen molar-refractivity contribution >= 4 is 21.9 Å². The summed E-state index contributed by atoms with van der Waals surface area (Å²) in [6.07, 6.45) is 3.48. The maximum absolute atomic E-state index is 12.0. The number of nitrogens with two attached hydrogens (primary N) is 1. The molecule has 1 aromatic heterocycles. The second kappa shape index (κ2) is 7.57. The highest BCUT2D eigenvalue weighted by Crippen LogP contribution is 2.10. The molecule has 0 atom stereocenters. The smallest absolute Gasteiger partial charge is 0.317 e. The van der Waals surface area contributed by atoms with Gasteiger partial charge in [0, 0.05) is 57.3 Å². The summed E-state index contributed by atoms with van der Waals surface area (Å²) in [5.41, 5.74) is 2.02. The number of carbonyl (C=O) groups is 1. The summed E-state index contributed by atoms with van der Waals surface area (Å²) in [6.45, 7) is 4.13.